The number of hydrogen-bond donors (Lipinski definition) is 2. The van der Waals surface area contributed by atoms with Crippen LogP contribution < -0.4 is 30.7 Å². The molecule has 0 radical (unpaired) electrons. The lowest BCUT2D eigenvalue weighted by molar-refractivity contribution is 0.0977. The van der Waals surface area contributed by atoms with Crippen LogP contribution in [0.25, 0.3) is 0 Å². The summed E-state index contributed by atoms with van der Waals surface area (Å²) in [5, 5.41) is 6.98. The third kappa shape index (κ3) is 12.8. The van der Waals surface area contributed by atoms with Crippen LogP contribution in [-0.4, -0.2) is 126 Å². The number of benzene rings is 4. The summed E-state index contributed by atoms with van der Waals surface area (Å²) in [7, 11) is 8.65. The molecular weight excluding hydrogens is 1050 g/mol. The average molecular weight is 1110 g/mol. The van der Waals surface area contributed by atoms with Crippen LogP contribution in [0.2, 0.25) is 20.1 Å². The zero-order valence-corrected chi connectivity index (χ0v) is 46.0. The number of amides is 2. The van der Waals surface area contributed by atoms with Crippen molar-refractivity contribution in [1.82, 2.24) is 29.7 Å². The number of carbonyl (C=O) groups is 2. The Labute approximate surface area is 454 Å². The molecule has 0 bridgehead atoms. The van der Waals surface area contributed by atoms with Gasteiger partial charge in [0.05, 0.1) is 54.3 Å². The van der Waals surface area contributed by atoms with E-state index in [1.807, 2.05) is 30.5 Å². The van der Waals surface area contributed by atoms with Crippen molar-refractivity contribution in [2.75, 3.05) is 103 Å². The molecule has 4 aliphatic heterocycles. The Bertz CT molecular complexity index is 2810. The minimum atomic E-state index is -0.220. The Morgan fingerprint density at radius 1 is 0.611 bits per heavy atom. The number of halogens is 4. The lowest BCUT2D eigenvalue weighted by atomic mass is 10.0. The number of rotatable bonds is 9. The lowest BCUT2D eigenvalue weighted by Crippen LogP contribution is -2.41. The molecule has 4 aliphatic rings. The number of nitrogens with zero attached hydrogens (tertiary/aromatic N) is 10. The van der Waals surface area contributed by atoms with Crippen molar-refractivity contribution < 1.29 is 9.59 Å². The summed E-state index contributed by atoms with van der Waals surface area (Å²) in [5.74, 6) is 0.826. The molecule has 0 unspecified atom stereocenters. The normalized spacial score (nSPS) is 16.2. The molecule has 14 nitrogen and oxygen atoms in total. The minimum absolute atomic E-state index is 0.189. The standard InChI is InChI=1S/C25H26Cl2N6OS.C13H9Cl2N3OS2.C13H21N3/c1-31(2)17-10-12-32(13-11-17)18-8-6-16(7-9-18)29-25-28-14-19-23(30-25)35-15-33(24(19)34)22-20(26)4-3-5-21(22)27;1-20-13-16-5-7-11(17-13)21-6-18(12(7)19)10-8(14)3-2-4-9(10)15;1-15(2)12-7-9-16(10-8-12)13-5-3-11(14)4-6-13/h3-9,14,17H,10-13,15H2,1-2H3,(H,28,29,30);2-5H,6H2,1H3;3-6,12H,7-10,14H2,1-2H3. The fourth-order valence-corrected chi connectivity index (χ4v) is 12.2. The van der Waals surface area contributed by atoms with Crippen molar-refractivity contribution in [3.8, 4) is 0 Å². The Kier molecular flexibility index (Phi) is 18.3. The predicted molar refractivity (Wildman–Crippen MR) is 302 cm³/mol. The molecule has 0 saturated carbocycles. The van der Waals surface area contributed by atoms with Crippen LogP contribution in [0.1, 0.15) is 46.4 Å². The predicted octanol–water partition coefficient (Wildman–Crippen LogP) is 11.8. The molecule has 3 N–H and O–H groups in total. The molecule has 4 aromatic carbocycles. The van der Waals surface area contributed by atoms with Crippen molar-refractivity contribution in [3.63, 3.8) is 0 Å². The number of hydrogen-bond acceptors (Lipinski definition) is 15. The first kappa shape index (κ1) is 53.6. The molecule has 0 aliphatic carbocycles. The van der Waals surface area contributed by atoms with Crippen molar-refractivity contribution in [1.29, 1.82) is 0 Å². The first-order valence-corrected chi connectivity index (χ1v) is 28.0. The Morgan fingerprint density at radius 3 is 1.46 bits per heavy atom. The van der Waals surface area contributed by atoms with Crippen LogP contribution in [0.15, 0.2) is 113 Å². The average Bonchev–Trinajstić information content (AvgIpc) is 3.38. The maximum Gasteiger partial charge on any atom is 0.263 e. The zero-order chi connectivity index (χ0) is 51.1. The van der Waals surface area contributed by atoms with E-state index in [0.717, 1.165) is 43.6 Å². The van der Waals surface area contributed by atoms with E-state index in [1.165, 1.54) is 72.3 Å². The largest absolute Gasteiger partial charge is 0.399 e. The molecule has 72 heavy (non-hydrogen) atoms. The summed E-state index contributed by atoms with van der Waals surface area (Å²) in [6.45, 7) is 4.41. The van der Waals surface area contributed by atoms with Gasteiger partial charge in [-0.2, -0.15) is 0 Å². The van der Waals surface area contributed by atoms with E-state index < -0.39 is 0 Å². The van der Waals surface area contributed by atoms with E-state index in [4.69, 9.17) is 52.1 Å². The summed E-state index contributed by atoms with van der Waals surface area (Å²) in [4.78, 5) is 55.9. The minimum Gasteiger partial charge on any atom is -0.399 e. The van der Waals surface area contributed by atoms with E-state index in [9.17, 15) is 9.59 Å². The van der Waals surface area contributed by atoms with Crippen LogP contribution in [0.3, 0.4) is 0 Å². The first-order chi connectivity index (χ1) is 34.7. The number of anilines is 7. The van der Waals surface area contributed by atoms with Gasteiger partial charge in [0.2, 0.25) is 5.95 Å². The van der Waals surface area contributed by atoms with E-state index in [1.54, 1.807) is 58.6 Å². The molecule has 378 valence electrons. The summed E-state index contributed by atoms with van der Waals surface area (Å²) < 4.78 is 0. The van der Waals surface area contributed by atoms with E-state index in [0.29, 0.717) is 81.5 Å². The summed E-state index contributed by atoms with van der Waals surface area (Å²) in [5.41, 5.74) is 11.9. The second kappa shape index (κ2) is 24.6. The highest BCUT2D eigenvalue weighted by Crippen LogP contribution is 2.41. The van der Waals surface area contributed by atoms with Crippen molar-refractivity contribution in [2.24, 2.45) is 0 Å². The number of nitrogens with two attached hydrogens (primary N) is 1. The van der Waals surface area contributed by atoms with Crippen molar-refractivity contribution in [3.05, 3.63) is 129 Å². The van der Waals surface area contributed by atoms with Gasteiger partial charge in [-0.05, 0) is 133 Å². The SMILES string of the molecule is CN(C)C1CCN(c2ccc(N)cc2)CC1.CN(C)C1CCN(c2ccc(Nc3ncc4c(n3)SCN(c3c(Cl)cccc3Cl)C4=O)cc2)CC1.CSc1ncc2c(n1)SCN(c1c(Cl)cccc1Cl)C2=O. The van der Waals surface area contributed by atoms with Gasteiger partial charge in [-0.1, -0.05) is 93.8 Å². The Hall–Kier alpha value is -4.69. The maximum atomic E-state index is 13.1. The monoisotopic (exact) mass is 1100 g/mol. The number of thioether (sulfide) groups is 3. The van der Waals surface area contributed by atoms with Gasteiger partial charge in [-0.25, -0.2) is 19.9 Å². The molecule has 2 amide bonds. The second-order valence-electron chi connectivity index (χ2n) is 17.8. The van der Waals surface area contributed by atoms with Crippen LogP contribution >= 0.6 is 81.7 Å². The van der Waals surface area contributed by atoms with Gasteiger partial charge in [0, 0.05) is 73.4 Å². The molecular formula is C51H56Cl4N12O2S3. The number of piperidine rings is 2. The first-order valence-electron chi connectivity index (χ1n) is 23.3. The van der Waals surface area contributed by atoms with Gasteiger partial charge in [0.1, 0.15) is 10.1 Å². The summed E-state index contributed by atoms with van der Waals surface area (Å²) >= 11 is 29.3. The topological polar surface area (TPSA) is 143 Å². The third-order valence-electron chi connectivity index (χ3n) is 12.8. The molecule has 2 saturated heterocycles. The summed E-state index contributed by atoms with van der Waals surface area (Å²) in [6.07, 6.45) is 9.85. The molecule has 21 heteroatoms. The third-order valence-corrected chi connectivity index (χ3v) is 16.6. The van der Waals surface area contributed by atoms with E-state index >= 15 is 0 Å². The van der Waals surface area contributed by atoms with Gasteiger partial charge in [0.15, 0.2) is 5.16 Å². The van der Waals surface area contributed by atoms with Gasteiger partial charge >= 0.3 is 0 Å². The number of para-hydroxylation sites is 2. The van der Waals surface area contributed by atoms with Crippen LogP contribution in [0.4, 0.5) is 40.1 Å². The van der Waals surface area contributed by atoms with Gasteiger partial charge < -0.3 is 30.7 Å². The number of carbonyl (C=O) groups excluding carboxylic acids is 2. The Balaban J connectivity index is 0.000000159. The molecule has 6 aromatic rings. The molecule has 6 heterocycles. The maximum absolute atomic E-state index is 13.1. The zero-order valence-electron chi connectivity index (χ0n) is 40.6. The van der Waals surface area contributed by atoms with Gasteiger partial charge in [-0.15, -0.1) is 0 Å². The second-order valence-corrected chi connectivity index (χ2v) is 22.0. The van der Waals surface area contributed by atoms with Crippen molar-refractivity contribution in [2.45, 2.75) is 53.0 Å². The quantitative estimate of drug-likeness (QED) is 0.0613. The Morgan fingerprint density at radius 2 is 1.03 bits per heavy atom. The van der Waals surface area contributed by atoms with Crippen LogP contribution in [0, 0.1) is 0 Å². The fraction of sp³-hybridized carbons (Fsp3) is 0.333. The van der Waals surface area contributed by atoms with E-state index in [2.05, 4.69) is 97.3 Å². The highest BCUT2D eigenvalue weighted by atomic mass is 35.5. The van der Waals surface area contributed by atoms with Crippen LogP contribution in [0.5, 0.6) is 0 Å². The van der Waals surface area contributed by atoms with E-state index in [-0.39, 0.29) is 11.8 Å². The number of nitrogen functional groups attached to an aromatic ring is 1. The number of fused-ring (bicyclic) bond motifs is 2. The smallest absolute Gasteiger partial charge is 0.263 e. The highest BCUT2D eigenvalue weighted by molar-refractivity contribution is 8.00. The summed E-state index contributed by atoms with van der Waals surface area (Å²) in [6, 6.07) is 28.3. The lowest BCUT2D eigenvalue weighted by Gasteiger charge is -2.36. The van der Waals surface area contributed by atoms with Crippen molar-refractivity contribution >= 4 is 134 Å². The fourth-order valence-electron chi connectivity index (χ4n) is 8.73. The van der Waals surface area contributed by atoms with Gasteiger partial charge in [-0.3, -0.25) is 19.4 Å². The number of nitrogens with one attached hydrogen (secondary N) is 1. The van der Waals surface area contributed by atoms with Crippen LogP contribution in [-0.2, 0) is 0 Å². The molecule has 0 spiro atoms. The van der Waals surface area contributed by atoms with Gasteiger partial charge in [0.25, 0.3) is 11.8 Å². The molecule has 2 fully saturated rings. The molecule has 10 rings (SSSR count). The molecule has 2 aromatic heterocycles. The molecule has 0 atom stereocenters. The number of aromatic nitrogens is 4. The highest BCUT2D eigenvalue weighted by Gasteiger charge is 2.32.